The van der Waals surface area contributed by atoms with Gasteiger partial charge in [-0.2, -0.15) is 0 Å². The lowest BCUT2D eigenvalue weighted by Gasteiger charge is -2.16. The molecule has 2 rings (SSSR count). The Hall–Kier alpha value is -3.42. The Morgan fingerprint density at radius 2 is 1.00 bits per heavy atom. The lowest BCUT2D eigenvalue weighted by molar-refractivity contribution is -0.135. The van der Waals surface area contributed by atoms with Crippen molar-refractivity contribution in [1.82, 2.24) is 0 Å². The summed E-state index contributed by atoms with van der Waals surface area (Å²) in [5, 5.41) is 36.0. The molecule has 178 valence electrons. The number of rotatable bonds is 7. The molecule has 0 saturated heterocycles. The number of carboxylic acids is 2. The molecule has 0 spiro atoms. The quantitative estimate of drug-likeness (QED) is 0.469. The van der Waals surface area contributed by atoms with E-state index in [2.05, 4.69) is 13.8 Å². The Morgan fingerprint density at radius 1 is 0.719 bits per heavy atom. The van der Waals surface area contributed by atoms with E-state index in [4.69, 9.17) is 29.3 Å². The summed E-state index contributed by atoms with van der Waals surface area (Å²) in [5.74, 6) is -0.780. The molecule has 4 N–H and O–H groups in total. The number of aromatic hydroxyl groups is 2. The summed E-state index contributed by atoms with van der Waals surface area (Å²) < 4.78 is 10.6. The number of ether oxygens (including phenoxy) is 2. The highest BCUT2D eigenvalue weighted by Crippen LogP contribution is 2.45. The summed E-state index contributed by atoms with van der Waals surface area (Å²) in [6.07, 6.45) is 3.71. The molecule has 2 aromatic rings. The molecule has 0 amide bonds. The van der Waals surface area contributed by atoms with Gasteiger partial charge in [0, 0.05) is 25.0 Å². The van der Waals surface area contributed by atoms with Crippen molar-refractivity contribution >= 4 is 11.9 Å². The van der Waals surface area contributed by atoms with Crippen LogP contribution in [0.15, 0.2) is 24.3 Å². The zero-order chi connectivity index (χ0) is 24.8. The van der Waals surface area contributed by atoms with E-state index in [1.54, 1.807) is 0 Å². The van der Waals surface area contributed by atoms with Crippen LogP contribution >= 0.6 is 0 Å². The molecule has 0 atom stereocenters. The van der Waals surface area contributed by atoms with Crippen LogP contribution in [-0.2, 0) is 22.4 Å². The fourth-order valence-corrected chi connectivity index (χ4v) is 2.92. The Morgan fingerprint density at radius 3 is 1.22 bits per heavy atom. The van der Waals surface area contributed by atoms with Gasteiger partial charge in [-0.3, -0.25) is 9.59 Å². The molecule has 0 bridgehead atoms. The van der Waals surface area contributed by atoms with Gasteiger partial charge in [-0.05, 0) is 48.2 Å². The van der Waals surface area contributed by atoms with Crippen LogP contribution in [0.5, 0.6) is 23.0 Å². The molecule has 8 nitrogen and oxygen atoms in total. The van der Waals surface area contributed by atoms with Gasteiger partial charge in [0.2, 0.25) is 0 Å². The number of phenols is 2. The van der Waals surface area contributed by atoms with Gasteiger partial charge in [-0.25, -0.2) is 0 Å². The zero-order valence-electron chi connectivity index (χ0n) is 19.6. The van der Waals surface area contributed by atoms with Crippen molar-refractivity contribution in [1.29, 1.82) is 0 Å². The van der Waals surface area contributed by atoms with Crippen molar-refractivity contribution in [3.05, 3.63) is 35.4 Å². The van der Waals surface area contributed by atoms with Gasteiger partial charge in [0.15, 0.2) is 23.0 Å². The second-order valence-corrected chi connectivity index (χ2v) is 6.93. The lowest BCUT2D eigenvalue weighted by Crippen LogP contribution is -1.95. The number of carbonyl (C=O) groups is 2. The summed E-state index contributed by atoms with van der Waals surface area (Å²) in [6.45, 7) is 6.36. The van der Waals surface area contributed by atoms with Gasteiger partial charge >= 0.3 is 0 Å². The van der Waals surface area contributed by atoms with Crippen LogP contribution in [0.1, 0.15) is 51.7 Å². The number of hydrogen-bond acceptors (Lipinski definition) is 6. The Labute approximate surface area is 189 Å². The third-order valence-corrected chi connectivity index (χ3v) is 4.08. The van der Waals surface area contributed by atoms with Gasteiger partial charge < -0.3 is 29.9 Å². The van der Waals surface area contributed by atoms with Crippen LogP contribution in [0.3, 0.4) is 0 Å². The fraction of sp³-hybridized carbons (Fsp3) is 0.417. The van der Waals surface area contributed by atoms with Crippen molar-refractivity contribution < 1.29 is 39.5 Å². The first-order valence-electron chi connectivity index (χ1n) is 10.2. The molecule has 0 fully saturated rings. The van der Waals surface area contributed by atoms with Gasteiger partial charge in [0.1, 0.15) is 0 Å². The second kappa shape index (κ2) is 14.6. The van der Waals surface area contributed by atoms with Crippen LogP contribution in [0.2, 0.25) is 0 Å². The normalized spacial score (nSPS) is 9.56. The number of carboxylic acid groups (broad SMARTS) is 2. The lowest BCUT2D eigenvalue weighted by atomic mass is 9.95. The van der Waals surface area contributed by atoms with Gasteiger partial charge in [0.05, 0.1) is 14.2 Å². The van der Waals surface area contributed by atoms with E-state index in [-0.39, 0.29) is 11.5 Å². The highest BCUT2D eigenvalue weighted by molar-refractivity contribution is 5.81. The minimum Gasteiger partial charge on any atom is -0.504 e. The summed E-state index contributed by atoms with van der Waals surface area (Å²) in [6, 6.07) is 7.50. The average molecular weight is 451 g/mol. The van der Waals surface area contributed by atoms with E-state index >= 15 is 0 Å². The van der Waals surface area contributed by atoms with Crippen LogP contribution in [0.25, 0.3) is 11.1 Å². The predicted octanol–water partition coefficient (Wildman–Crippen LogP) is 4.87. The fourth-order valence-electron chi connectivity index (χ4n) is 2.92. The maximum atomic E-state index is 10.6. The third kappa shape index (κ3) is 9.59. The number of phenolic OH excluding ortho intramolecular Hbond substituents is 2. The van der Waals surface area contributed by atoms with E-state index in [1.165, 1.54) is 14.2 Å². The van der Waals surface area contributed by atoms with Crippen molar-refractivity contribution in [3.8, 4) is 34.1 Å². The summed E-state index contributed by atoms with van der Waals surface area (Å²) >= 11 is 0. The summed E-state index contributed by atoms with van der Waals surface area (Å²) in [5.41, 5.74) is 3.24. The number of methoxy groups -OCH3 is 2. The Balaban J connectivity index is 0.00000104. The third-order valence-electron chi connectivity index (χ3n) is 4.08. The molecule has 0 aromatic heterocycles. The van der Waals surface area contributed by atoms with Gasteiger partial charge in [-0.1, -0.05) is 26.7 Å². The van der Waals surface area contributed by atoms with E-state index in [9.17, 15) is 10.2 Å². The van der Waals surface area contributed by atoms with Crippen molar-refractivity contribution in [2.45, 2.75) is 53.4 Å². The van der Waals surface area contributed by atoms with Gasteiger partial charge in [-0.15, -0.1) is 0 Å². The minimum absolute atomic E-state index is 0.0309. The number of aliphatic carboxylic acids is 2. The maximum absolute atomic E-state index is 10.6. The molecule has 0 heterocycles. The monoisotopic (exact) mass is 450 g/mol. The number of hydrogen-bond donors (Lipinski definition) is 4. The van der Waals surface area contributed by atoms with Crippen LogP contribution in [-0.4, -0.2) is 46.6 Å². The molecule has 8 heteroatoms. The van der Waals surface area contributed by atoms with Crippen LogP contribution < -0.4 is 9.47 Å². The minimum atomic E-state index is -0.833. The molecule has 0 aliphatic rings. The largest absolute Gasteiger partial charge is 0.504 e. The highest BCUT2D eigenvalue weighted by Gasteiger charge is 2.18. The van der Waals surface area contributed by atoms with E-state index in [0.29, 0.717) is 22.6 Å². The molecule has 0 unspecified atom stereocenters. The first-order chi connectivity index (χ1) is 15.0. The smallest absolute Gasteiger partial charge is 0.300 e. The summed E-state index contributed by atoms with van der Waals surface area (Å²) in [4.78, 5) is 18.0. The van der Waals surface area contributed by atoms with Crippen molar-refractivity contribution in [3.63, 3.8) is 0 Å². The number of aryl methyl sites for hydroxylation is 2. The topological polar surface area (TPSA) is 134 Å². The average Bonchev–Trinajstić information content (AvgIpc) is 2.70. The maximum Gasteiger partial charge on any atom is 0.300 e. The molecular formula is C24H34O8. The SMILES string of the molecule is CC(=O)O.CC(=O)O.CCCc1cc(OC)c(O)c(-c2cc(CCC)cc(OC)c2O)c1. The molecule has 0 radical (unpaired) electrons. The molecule has 0 aliphatic heterocycles. The van der Waals surface area contributed by atoms with E-state index in [0.717, 1.165) is 50.7 Å². The first-order valence-corrected chi connectivity index (χ1v) is 10.2. The van der Waals surface area contributed by atoms with Crippen LogP contribution in [0, 0.1) is 0 Å². The Kier molecular flexibility index (Phi) is 13.0. The molecule has 32 heavy (non-hydrogen) atoms. The van der Waals surface area contributed by atoms with Crippen molar-refractivity contribution in [2.24, 2.45) is 0 Å². The van der Waals surface area contributed by atoms with Crippen molar-refractivity contribution in [2.75, 3.05) is 14.2 Å². The molecule has 2 aromatic carbocycles. The highest BCUT2D eigenvalue weighted by atomic mass is 16.5. The van der Waals surface area contributed by atoms with E-state index in [1.807, 2.05) is 24.3 Å². The van der Waals surface area contributed by atoms with Gasteiger partial charge in [0.25, 0.3) is 11.9 Å². The van der Waals surface area contributed by atoms with Crippen LogP contribution in [0.4, 0.5) is 0 Å². The van der Waals surface area contributed by atoms with E-state index < -0.39 is 11.9 Å². The predicted molar refractivity (Wildman–Crippen MR) is 123 cm³/mol. The number of benzene rings is 2. The zero-order valence-corrected chi connectivity index (χ0v) is 19.6. The standard InChI is InChI=1S/C20H26O4.2C2H4O2/c1-5-7-13-9-15(19(21)17(11-13)23-3)16-10-14(8-6-2)12-18(24-4)20(16)22;2*1-2(3)4/h9-12,21-22H,5-8H2,1-4H3;2*1H3,(H,3,4). The Bertz CT molecular complexity index is 809. The summed E-state index contributed by atoms with van der Waals surface area (Å²) in [7, 11) is 3.06. The molecular weight excluding hydrogens is 416 g/mol. The second-order valence-electron chi connectivity index (χ2n) is 6.93. The first kappa shape index (κ1) is 28.6. The molecule has 0 aliphatic carbocycles. The molecule has 0 saturated carbocycles.